The van der Waals surface area contributed by atoms with Crippen LogP contribution in [0.5, 0.6) is 0 Å². The standard InChI is InChI=1S/C24H26ClN3O2/c1-2-30-15-7-13-26-24(29)28-17-19-8-3-4-11-21(19)27-14-6-12-22(27)23(28)18-9-5-10-20(25)16-18/h3-6,8-12,14,16,23H,2,7,13,15,17H2,1H3,(H,26,29)/t23-/m0/s1. The van der Waals surface area contributed by atoms with Crippen LogP contribution in [0, 0.1) is 0 Å². The number of amides is 2. The molecule has 1 N–H and O–H groups in total. The molecule has 0 aliphatic carbocycles. The summed E-state index contributed by atoms with van der Waals surface area (Å²) < 4.78 is 7.55. The zero-order valence-corrected chi connectivity index (χ0v) is 17.8. The van der Waals surface area contributed by atoms with Crippen molar-refractivity contribution in [2.75, 3.05) is 19.8 Å². The first-order chi connectivity index (χ1) is 14.7. The normalized spacial score (nSPS) is 15.3. The summed E-state index contributed by atoms with van der Waals surface area (Å²) in [5, 5.41) is 3.73. The fourth-order valence-corrected chi connectivity index (χ4v) is 4.18. The first-order valence-electron chi connectivity index (χ1n) is 10.3. The molecule has 0 unspecified atom stereocenters. The highest BCUT2D eigenvalue weighted by atomic mass is 35.5. The van der Waals surface area contributed by atoms with Crippen molar-refractivity contribution >= 4 is 17.6 Å². The summed E-state index contributed by atoms with van der Waals surface area (Å²) in [7, 11) is 0. The van der Waals surface area contributed by atoms with Gasteiger partial charge in [-0.25, -0.2) is 4.79 Å². The van der Waals surface area contributed by atoms with Gasteiger partial charge in [0.15, 0.2) is 0 Å². The summed E-state index contributed by atoms with van der Waals surface area (Å²) in [6.45, 7) is 4.37. The van der Waals surface area contributed by atoms with Crippen molar-refractivity contribution in [3.63, 3.8) is 0 Å². The van der Waals surface area contributed by atoms with Gasteiger partial charge in [-0.2, -0.15) is 0 Å². The van der Waals surface area contributed by atoms with Gasteiger partial charge in [-0.3, -0.25) is 0 Å². The fraction of sp³-hybridized carbons (Fsp3) is 0.292. The summed E-state index contributed by atoms with van der Waals surface area (Å²) in [6, 6.07) is 19.7. The van der Waals surface area contributed by atoms with E-state index in [2.05, 4.69) is 34.3 Å². The van der Waals surface area contributed by atoms with E-state index in [0.717, 1.165) is 28.9 Å². The molecule has 2 heterocycles. The number of carbonyl (C=O) groups is 1. The molecule has 30 heavy (non-hydrogen) atoms. The van der Waals surface area contributed by atoms with Gasteiger partial charge in [0.2, 0.25) is 0 Å². The van der Waals surface area contributed by atoms with E-state index in [1.807, 2.05) is 54.3 Å². The molecule has 2 amide bonds. The number of aromatic nitrogens is 1. The van der Waals surface area contributed by atoms with Gasteiger partial charge in [-0.05, 0) is 54.8 Å². The summed E-state index contributed by atoms with van der Waals surface area (Å²) in [5.41, 5.74) is 4.21. The maximum absolute atomic E-state index is 13.3. The van der Waals surface area contributed by atoms with E-state index in [4.69, 9.17) is 16.3 Å². The molecule has 1 aliphatic heterocycles. The lowest BCUT2D eigenvalue weighted by Gasteiger charge is -2.31. The molecule has 5 nitrogen and oxygen atoms in total. The number of ether oxygens (including phenoxy) is 1. The van der Waals surface area contributed by atoms with E-state index in [1.54, 1.807) is 0 Å². The number of halogens is 1. The summed E-state index contributed by atoms with van der Waals surface area (Å²) >= 11 is 6.31. The van der Waals surface area contributed by atoms with Gasteiger partial charge in [0.05, 0.1) is 18.3 Å². The Kier molecular flexibility index (Phi) is 6.41. The van der Waals surface area contributed by atoms with Crippen LogP contribution >= 0.6 is 11.6 Å². The predicted molar refractivity (Wildman–Crippen MR) is 119 cm³/mol. The molecule has 0 saturated heterocycles. The van der Waals surface area contributed by atoms with Crippen LogP contribution in [0.25, 0.3) is 5.69 Å². The SMILES string of the molecule is CCOCCCNC(=O)N1Cc2ccccc2-n2cccc2[C@@H]1c1cccc(Cl)c1. The Balaban J connectivity index is 1.71. The van der Waals surface area contributed by atoms with Crippen LogP contribution in [0.1, 0.15) is 36.2 Å². The molecule has 1 aliphatic rings. The monoisotopic (exact) mass is 423 g/mol. The first-order valence-corrected chi connectivity index (χ1v) is 10.7. The highest BCUT2D eigenvalue weighted by Gasteiger charge is 2.32. The molecule has 0 spiro atoms. The minimum atomic E-state index is -0.252. The molecule has 4 rings (SSSR count). The largest absolute Gasteiger partial charge is 0.382 e. The van der Waals surface area contributed by atoms with Gasteiger partial charge in [0.25, 0.3) is 0 Å². The van der Waals surface area contributed by atoms with Crippen LogP contribution in [-0.2, 0) is 11.3 Å². The number of carbonyl (C=O) groups excluding carboxylic acids is 1. The number of rotatable bonds is 6. The van der Waals surface area contributed by atoms with Gasteiger partial charge in [0.1, 0.15) is 0 Å². The van der Waals surface area contributed by atoms with E-state index in [1.165, 1.54) is 0 Å². The number of para-hydroxylation sites is 1. The average Bonchev–Trinajstić information content (AvgIpc) is 3.17. The van der Waals surface area contributed by atoms with Crippen LogP contribution in [0.15, 0.2) is 66.9 Å². The van der Waals surface area contributed by atoms with Gasteiger partial charge in [-0.1, -0.05) is 41.9 Å². The van der Waals surface area contributed by atoms with E-state index in [9.17, 15) is 4.79 Å². The van der Waals surface area contributed by atoms with E-state index >= 15 is 0 Å². The van der Waals surface area contributed by atoms with Crippen LogP contribution in [0.3, 0.4) is 0 Å². The third kappa shape index (κ3) is 4.23. The molecule has 2 aromatic carbocycles. The Morgan fingerprint density at radius 1 is 1.17 bits per heavy atom. The van der Waals surface area contributed by atoms with E-state index in [0.29, 0.717) is 31.3 Å². The number of hydrogen-bond acceptors (Lipinski definition) is 2. The zero-order chi connectivity index (χ0) is 20.9. The van der Waals surface area contributed by atoms with Crippen molar-refractivity contribution in [2.24, 2.45) is 0 Å². The maximum Gasteiger partial charge on any atom is 0.318 e. The number of benzene rings is 2. The highest BCUT2D eigenvalue weighted by molar-refractivity contribution is 6.30. The molecule has 1 atom stereocenters. The van der Waals surface area contributed by atoms with Crippen molar-refractivity contribution in [2.45, 2.75) is 25.9 Å². The molecule has 156 valence electrons. The molecule has 0 bridgehead atoms. The third-order valence-corrected chi connectivity index (χ3v) is 5.57. The van der Waals surface area contributed by atoms with Gasteiger partial charge >= 0.3 is 6.03 Å². The molecule has 1 aromatic heterocycles. The predicted octanol–water partition coefficient (Wildman–Crippen LogP) is 5.17. The molecular formula is C24H26ClN3O2. The number of nitrogens with one attached hydrogen (secondary N) is 1. The Morgan fingerprint density at radius 2 is 2.03 bits per heavy atom. The van der Waals surface area contributed by atoms with Crippen molar-refractivity contribution < 1.29 is 9.53 Å². The van der Waals surface area contributed by atoms with Gasteiger partial charge < -0.3 is 19.5 Å². The number of fused-ring (bicyclic) bond motifs is 3. The lowest BCUT2D eigenvalue weighted by Crippen LogP contribution is -2.42. The Labute approximate surface area is 182 Å². The molecule has 0 radical (unpaired) electrons. The Morgan fingerprint density at radius 3 is 2.87 bits per heavy atom. The van der Waals surface area contributed by atoms with Crippen LogP contribution in [0.2, 0.25) is 5.02 Å². The summed E-state index contributed by atoms with van der Waals surface area (Å²) in [4.78, 5) is 15.2. The number of urea groups is 1. The molecule has 0 saturated carbocycles. The van der Waals surface area contributed by atoms with E-state index < -0.39 is 0 Å². The molecular weight excluding hydrogens is 398 g/mol. The average molecular weight is 424 g/mol. The summed E-state index contributed by atoms with van der Waals surface area (Å²) in [6.07, 6.45) is 2.83. The smallest absolute Gasteiger partial charge is 0.318 e. The van der Waals surface area contributed by atoms with Crippen LogP contribution in [-0.4, -0.2) is 35.3 Å². The second-order valence-corrected chi connectivity index (χ2v) is 7.74. The van der Waals surface area contributed by atoms with Crippen molar-refractivity contribution in [3.05, 3.63) is 88.7 Å². The minimum Gasteiger partial charge on any atom is -0.382 e. The van der Waals surface area contributed by atoms with Crippen LogP contribution in [0.4, 0.5) is 4.79 Å². The molecule has 6 heteroatoms. The number of nitrogens with zero attached hydrogens (tertiary/aromatic N) is 2. The maximum atomic E-state index is 13.3. The van der Waals surface area contributed by atoms with Gasteiger partial charge in [-0.15, -0.1) is 0 Å². The van der Waals surface area contributed by atoms with Crippen molar-refractivity contribution in [1.82, 2.24) is 14.8 Å². The second-order valence-electron chi connectivity index (χ2n) is 7.30. The second kappa shape index (κ2) is 9.37. The number of hydrogen-bond donors (Lipinski definition) is 1. The lowest BCUT2D eigenvalue weighted by molar-refractivity contribution is 0.143. The summed E-state index contributed by atoms with van der Waals surface area (Å²) in [5.74, 6) is 0. The zero-order valence-electron chi connectivity index (χ0n) is 17.1. The van der Waals surface area contributed by atoms with Crippen molar-refractivity contribution in [1.29, 1.82) is 0 Å². The third-order valence-electron chi connectivity index (χ3n) is 5.34. The first kappa shape index (κ1) is 20.5. The minimum absolute atomic E-state index is 0.0964. The topological polar surface area (TPSA) is 46.5 Å². The Bertz CT molecular complexity index is 1020. The quantitative estimate of drug-likeness (QED) is 0.556. The van der Waals surface area contributed by atoms with Gasteiger partial charge in [0, 0.05) is 36.7 Å². The van der Waals surface area contributed by atoms with E-state index in [-0.39, 0.29) is 12.1 Å². The highest BCUT2D eigenvalue weighted by Crippen LogP contribution is 2.37. The molecule has 0 fully saturated rings. The fourth-order valence-electron chi connectivity index (χ4n) is 3.98. The van der Waals surface area contributed by atoms with Crippen molar-refractivity contribution in [3.8, 4) is 5.69 Å². The Hall–Kier alpha value is -2.76. The van der Waals surface area contributed by atoms with Crippen LogP contribution < -0.4 is 5.32 Å². The lowest BCUT2D eigenvalue weighted by atomic mass is 10.0. The molecule has 3 aromatic rings.